The van der Waals surface area contributed by atoms with Crippen molar-refractivity contribution in [2.45, 2.75) is 26.7 Å². The molecule has 40 heavy (non-hydrogen) atoms. The number of rotatable bonds is 4. The van der Waals surface area contributed by atoms with Crippen molar-refractivity contribution in [3.63, 3.8) is 0 Å². The maximum absolute atomic E-state index is 15.9. The quantitative estimate of drug-likeness (QED) is 0.571. The van der Waals surface area contributed by atoms with Gasteiger partial charge in [0, 0.05) is 35.0 Å². The molecule has 9 nitrogen and oxygen atoms in total. The van der Waals surface area contributed by atoms with Crippen LogP contribution in [0.4, 0.5) is 10.2 Å². The topological polar surface area (TPSA) is 135 Å². The van der Waals surface area contributed by atoms with Gasteiger partial charge in [-0.15, -0.1) is 0 Å². The summed E-state index contributed by atoms with van der Waals surface area (Å²) in [5, 5.41) is 30.9. The first kappa shape index (κ1) is 22.6. The molecule has 6 fully saturated rings. The standard InChI is InChI=1S/C30H25FN6O3/c1-9-21(31)12(16-14(7-32)10(2)37(4)11(3)15(16)8-33)6-13-22(9)35-36-25(13)34-26(38)30-20-18-17-19(20)29(30)23(24(29)30)28(17,18)27(39)40-5/h6,16-20,23-24H,1-5H3,(H2,34,35,36,38). The first-order chi connectivity index (χ1) is 19.1. The molecule has 9 unspecified atom stereocenters. The maximum atomic E-state index is 15.9. The lowest BCUT2D eigenvalue weighted by Crippen LogP contribution is -2.64. The molecule has 6 aliphatic carbocycles. The van der Waals surface area contributed by atoms with Gasteiger partial charge in [0.2, 0.25) is 5.91 Å². The van der Waals surface area contributed by atoms with Gasteiger partial charge in [0.1, 0.15) is 5.82 Å². The third kappa shape index (κ3) is 1.71. The number of hydrogen-bond acceptors (Lipinski definition) is 7. The molecule has 10 heteroatoms. The number of aromatic amines is 1. The molecule has 1 aromatic heterocycles. The molecule has 9 atom stereocenters. The highest BCUT2D eigenvalue weighted by atomic mass is 19.1. The summed E-state index contributed by atoms with van der Waals surface area (Å²) < 4.78 is 21.1. The van der Waals surface area contributed by atoms with E-state index in [0.29, 0.717) is 56.7 Å². The summed E-state index contributed by atoms with van der Waals surface area (Å²) in [5.41, 5.74) is 2.15. The summed E-state index contributed by atoms with van der Waals surface area (Å²) in [4.78, 5) is 28.3. The Morgan fingerprint density at radius 3 is 2.35 bits per heavy atom. The normalized spacial score (nSPS) is 41.9. The van der Waals surface area contributed by atoms with E-state index < -0.39 is 17.2 Å². The van der Waals surface area contributed by atoms with E-state index in [0.717, 1.165) is 0 Å². The molecule has 0 bridgehead atoms. The number of carbonyl (C=O) groups excluding carboxylic acids is 2. The zero-order valence-corrected chi connectivity index (χ0v) is 22.5. The summed E-state index contributed by atoms with van der Waals surface area (Å²) in [6, 6.07) is 6.02. The minimum Gasteiger partial charge on any atom is -0.469 e. The van der Waals surface area contributed by atoms with E-state index in [4.69, 9.17) is 4.74 Å². The van der Waals surface area contributed by atoms with Crippen LogP contribution in [-0.2, 0) is 14.3 Å². The molecule has 1 aliphatic heterocycles. The number of carbonyl (C=O) groups is 2. The molecule has 6 saturated carbocycles. The van der Waals surface area contributed by atoms with E-state index in [-0.39, 0.29) is 51.9 Å². The molecule has 0 saturated heterocycles. The number of methoxy groups -OCH3 is 1. The maximum Gasteiger partial charge on any atom is 0.312 e. The zero-order valence-electron chi connectivity index (χ0n) is 22.5. The molecular formula is C30H25FN6O3. The van der Waals surface area contributed by atoms with Gasteiger partial charge >= 0.3 is 5.97 Å². The monoisotopic (exact) mass is 536 g/mol. The number of fused-ring (bicyclic) bond motifs is 7. The van der Waals surface area contributed by atoms with Gasteiger partial charge in [-0.3, -0.25) is 14.7 Å². The Kier molecular flexibility index (Phi) is 3.45. The third-order valence-electron chi connectivity index (χ3n) is 12.6. The van der Waals surface area contributed by atoms with Gasteiger partial charge in [0.05, 0.1) is 52.7 Å². The lowest BCUT2D eigenvalue weighted by Gasteiger charge is -2.60. The molecule has 2 N–H and O–H groups in total. The van der Waals surface area contributed by atoms with Crippen molar-refractivity contribution < 1.29 is 18.7 Å². The highest BCUT2D eigenvalue weighted by Crippen LogP contribution is 3.23. The van der Waals surface area contributed by atoms with Gasteiger partial charge < -0.3 is 15.0 Å². The zero-order chi connectivity index (χ0) is 28.0. The van der Waals surface area contributed by atoms with Crippen molar-refractivity contribution in [1.29, 1.82) is 10.5 Å². The van der Waals surface area contributed by atoms with Crippen LogP contribution in [-0.4, -0.2) is 41.1 Å². The van der Waals surface area contributed by atoms with Crippen LogP contribution in [0.1, 0.15) is 30.9 Å². The Balaban J connectivity index is 1.09. The van der Waals surface area contributed by atoms with Crippen LogP contribution >= 0.6 is 0 Å². The van der Waals surface area contributed by atoms with Crippen molar-refractivity contribution in [3.8, 4) is 12.1 Å². The lowest BCUT2D eigenvalue weighted by molar-refractivity contribution is -0.180. The number of H-pyrrole nitrogens is 1. The fraction of sp³-hybridized carbons (Fsp3) is 0.500. The number of aromatic nitrogens is 2. The second-order valence-corrected chi connectivity index (χ2v) is 12.9. The number of nitrogens with zero attached hydrogens (tertiary/aromatic N) is 4. The smallest absolute Gasteiger partial charge is 0.312 e. The predicted molar refractivity (Wildman–Crippen MR) is 137 cm³/mol. The van der Waals surface area contributed by atoms with Gasteiger partial charge in [-0.05, 0) is 67.8 Å². The van der Waals surface area contributed by atoms with Crippen molar-refractivity contribution >= 4 is 28.6 Å². The van der Waals surface area contributed by atoms with E-state index >= 15 is 4.39 Å². The molecule has 2 heterocycles. The Morgan fingerprint density at radius 1 is 1.10 bits per heavy atom. The van der Waals surface area contributed by atoms with Gasteiger partial charge in [-0.25, -0.2) is 4.39 Å². The molecule has 2 aromatic rings. The number of anilines is 1. The molecule has 1 aromatic carbocycles. The van der Waals surface area contributed by atoms with Crippen molar-refractivity contribution in [1.82, 2.24) is 15.1 Å². The summed E-state index contributed by atoms with van der Waals surface area (Å²) >= 11 is 0. The van der Waals surface area contributed by atoms with Gasteiger partial charge in [-0.1, -0.05) is 0 Å². The fourth-order valence-corrected chi connectivity index (χ4v) is 11.2. The average Bonchev–Trinajstić information content (AvgIpc) is 3.85. The minimum absolute atomic E-state index is 0.0309. The van der Waals surface area contributed by atoms with Gasteiger partial charge in [-0.2, -0.15) is 15.6 Å². The second kappa shape index (κ2) is 6.10. The number of benzene rings is 1. The number of hydrogen-bond donors (Lipinski definition) is 2. The van der Waals surface area contributed by atoms with E-state index in [1.165, 1.54) is 7.11 Å². The van der Waals surface area contributed by atoms with Crippen LogP contribution in [0.2, 0.25) is 0 Å². The lowest BCUT2D eigenvalue weighted by atomic mass is 9.42. The number of nitriles is 2. The number of aryl methyl sites for hydroxylation is 1. The number of allylic oxidation sites excluding steroid dienone is 4. The van der Waals surface area contributed by atoms with Gasteiger partial charge in [0.15, 0.2) is 5.82 Å². The molecule has 9 rings (SSSR count). The van der Waals surface area contributed by atoms with Crippen molar-refractivity contribution in [2.24, 2.45) is 51.8 Å². The average molecular weight is 537 g/mol. The summed E-state index contributed by atoms with van der Waals surface area (Å²) in [5.74, 6) is 0.709. The largest absolute Gasteiger partial charge is 0.469 e. The van der Waals surface area contributed by atoms with E-state index in [1.807, 2.05) is 0 Å². The number of nitrogens with one attached hydrogen (secondary N) is 2. The number of amides is 1. The molecule has 1 amide bonds. The second-order valence-electron chi connectivity index (χ2n) is 12.9. The third-order valence-corrected chi connectivity index (χ3v) is 12.6. The summed E-state index contributed by atoms with van der Waals surface area (Å²) in [6.45, 7) is 5.20. The van der Waals surface area contributed by atoms with Crippen molar-refractivity contribution in [3.05, 3.63) is 45.6 Å². The van der Waals surface area contributed by atoms with Crippen LogP contribution in [0, 0.1) is 87.2 Å². The van der Waals surface area contributed by atoms with Crippen LogP contribution in [0.3, 0.4) is 0 Å². The molecular weight excluding hydrogens is 511 g/mol. The summed E-state index contributed by atoms with van der Waals surface area (Å²) in [6.07, 6.45) is 0. The molecule has 200 valence electrons. The Morgan fingerprint density at radius 2 is 1.75 bits per heavy atom. The number of halogens is 1. The molecule has 7 aliphatic rings. The van der Waals surface area contributed by atoms with Crippen LogP contribution in [0.15, 0.2) is 28.6 Å². The summed E-state index contributed by atoms with van der Waals surface area (Å²) in [7, 11) is 3.24. The van der Waals surface area contributed by atoms with Crippen LogP contribution in [0.5, 0.6) is 0 Å². The Hall–Kier alpha value is -4.18. The minimum atomic E-state index is -0.863. The molecule has 0 radical (unpaired) electrons. The fourth-order valence-electron chi connectivity index (χ4n) is 11.2. The number of ether oxygens (including phenoxy) is 1. The van der Waals surface area contributed by atoms with E-state index in [9.17, 15) is 20.1 Å². The van der Waals surface area contributed by atoms with Gasteiger partial charge in [0.25, 0.3) is 0 Å². The highest BCUT2D eigenvalue weighted by Gasteiger charge is 3.25. The van der Waals surface area contributed by atoms with Crippen LogP contribution < -0.4 is 5.32 Å². The van der Waals surface area contributed by atoms with E-state index in [1.54, 1.807) is 38.8 Å². The van der Waals surface area contributed by atoms with Crippen LogP contribution in [0.25, 0.3) is 10.9 Å². The number of esters is 1. The Labute approximate surface area is 228 Å². The molecule has 1 spiro atoms. The first-order valence-corrected chi connectivity index (χ1v) is 13.7. The highest BCUT2D eigenvalue weighted by molar-refractivity contribution is 6.10. The first-order valence-electron chi connectivity index (χ1n) is 13.7. The Bertz CT molecular complexity index is 1840. The SMILES string of the molecule is COC(=O)C12C3C1C1C3C3(C(=O)Nc4n[nH]c5c(C)c(F)c(C6C(C#N)=C(C)N(C)C(C)=C6C#N)cc45)C4C2C143. The predicted octanol–water partition coefficient (Wildman–Crippen LogP) is 3.48. The van der Waals surface area contributed by atoms with Crippen molar-refractivity contribution in [2.75, 3.05) is 19.5 Å². The van der Waals surface area contributed by atoms with E-state index in [2.05, 4.69) is 27.7 Å².